The highest BCUT2D eigenvalue weighted by atomic mass is 16.5. The van der Waals surface area contributed by atoms with Crippen LogP contribution in [-0.4, -0.2) is 22.9 Å². The van der Waals surface area contributed by atoms with Gasteiger partial charge in [-0.15, -0.1) is 0 Å². The zero-order valence-corrected chi connectivity index (χ0v) is 11.5. The van der Waals surface area contributed by atoms with Crippen molar-refractivity contribution in [2.45, 2.75) is 13.0 Å². The van der Waals surface area contributed by atoms with Gasteiger partial charge in [0, 0.05) is 34.4 Å². The first-order valence-electron chi connectivity index (χ1n) is 6.83. The van der Waals surface area contributed by atoms with Crippen LogP contribution in [-0.2, 0) is 0 Å². The monoisotopic (exact) mass is 282 g/mol. The maximum absolute atomic E-state index is 9.60. The van der Waals surface area contributed by atoms with Crippen molar-refractivity contribution in [3.05, 3.63) is 47.5 Å². The van der Waals surface area contributed by atoms with Crippen molar-refractivity contribution in [1.29, 1.82) is 0 Å². The highest BCUT2D eigenvalue weighted by molar-refractivity contribution is 5.99. The third kappa shape index (κ3) is 1.76. The minimum absolute atomic E-state index is 0.138. The molecule has 0 saturated carbocycles. The minimum atomic E-state index is -0.138. The molecule has 0 aliphatic carbocycles. The molecule has 2 aliphatic heterocycles. The summed E-state index contributed by atoms with van der Waals surface area (Å²) in [4.78, 5) is 0. The first kappa shape index (κ1) is 12.1. The molecule has 2 aromatic carbocycles. The topological polar surface area (TPSA) is 58.9 Å². The Kier molecular flexibility index (Phi) is 2.42. The van der Waals surface area contributed by atoms with Crippen LogP contribution in [0, 0.1) is 0 Å². The van der Waals surface area contributed by atoms with Crippen molar-refractivity contribution in [2.75, 3.05) is 6.61 Å². The number of fused-ring (bicyclic) bond motifs is 4. The van der Waals surface area contributed by atoms with Crippen molar-refractivity contribution in [3.63, 3.8) is 0 Å². The van der Waals surface area contributed by atoms with E-state index in [1.54, 1.807) is 24.3 Å². The summed E-state index contributed by atoms with van der Waals surface area (Å²) in [5, 5.41) is 19.2. The Morgan fingerprint density at radius 3 is 2.38 bits per heavy atom. The van der Waals surface area contributed by atoms with Gasteiger partial charge in [0.2, 0.25) is 0 Å². The number of hydrogen-bond donors (Lipinski definition) is 2. The lowest BCUT2D eigenvalue weighted by Crippen LogP contribution is -2.25. The van der Waals surface area contributed by atoms with Gasteiger partial charge in [0.15, 0.2) is 0 Å². The Labute approximate surface area is 121 Å². The SMILES string of the molecule is CC1Oc2cc(O)ccc2C2=C1c1ccc(O)cc1OC2. The second kappa shape index (κ2) is 4.19. The summed E-state index contributed by atoms with van der Waals surface area (Å²) in [5.74, 6) is 1.72. The number of rotatable bonds is 0. The third-order valence-electron chi connectivity index (χ3n) is 3.95. The zero-order valence-electron chi connectivity index (χ0n) is 11.5. The summed E-state index contributed by atoms with van der Waals surface area (Å²) >= 11 is 0. The van der Waals surface area contributed by atoms with Crippen molar-refractivity contribution in [3.8, 4) is 23.0 Å². The van der Waals surface area contributed by atoms with Crippen LogP contribution in [0.2, 0.25) is 0 Å². The molecule has 1 unspecified atom stereocenters. The van der Waals surface area contributed by atoms with Crippen LogP contribution in [0.25, 0.3) is 11.1 Å². The average molecular weight is 282 g/mol. The van der Waals surface area contributed by atoms with E-state index < -0.39 is 0 Å². The summed E-state index contributed by atoms with van der Waals surface area (Å²) in [7, 11) is 0. The lowest BCUT2D eigenvalue weighted by molar-refractivity contribution is 0.265. The largest absolute Gasteiger partial charge is 0.508 e. The lowest BCUT2D eigenvalue weighted by Gasteiger charge is -2.33. The van der Waals surface area contributed by atoms with Gasteiger partial charge < -0.3 is 19.7 Å². The highest BCUT2D eigenvalue weighted by Gasteiger charge is 2.32. The fourth-order valence-electron chi connectivity index (χ4n) is 3.04. The molecule has 0 spiro atoms. The minimum Gasteiger partial charge on any atom is -0.508 e. The van der Waals surface area contributed by atoms with Gasteiger partial charge in [-0.2, -0.15) is 0 Å². The zero-order chi connectivity index (χ0) is 14.6. The van der Waals surface area contributed by atoms with Crippen LogP contribution in [0.3, 0.4) is 0 Å². The van der Waals surface area contributed by atoms with Gasteiger partial charge in [-0.05, 0) is 31.2 Å². The molecule has 0 fully saturated rings. The van der Waals surface area contributed by atoms with E-state index >= 15 is 0 Å². The predicted molar refractivity (Wildman–Crippen MR) is 78.6 cm³/mol. The number of phenols is 2. The number of hydrogen-bond acceptors (Lipinski definition) is 4. The Bertz CT molecular complexity index is 776. The Hall–Kier alpha value is -2.62. The molecule has 2 aliphatic rings. The number of aromatic hydroxyl groups is 2. The second-order valence-corrected chi connectivity index (χ2v) is 5.30. The maximum Gasteiger partial charge on any atom is 0.131 e. The molecule has 0 amide bonds. The van der Waals surface area contributed by atoms with E-state index in [1.165, 1.54) is 0 Å². The molecule has 0 saturated heterocycles. The van der Waals surface area contributed by atoms with Crippen LogP contribution in [0.1, 0.15) is 18.1 Å². The maximum atomic E-state index is 9.60. The Balaban J connectivity index is 1.96. The number of ether oxygens (including phenoxy) is 2. The van der Waals surface area contributed by atoms with Gasteiger partial charge in [0.1, 0.15) is 35.7 Å². The normalized spacial score (nSPS) is 19.0. The predicted octanol–water partition coefficient (Wildman–Crippen LogP) is 3.18. The average Bonchev–Trinajstić information content (AvgIpc) is 2.46. The first-order chi connectivity index (χ1) is 10.1. The van der Waals surface area contributed by atoms with Gasteiger partial charge in [0.25, 0.3) is 0 Å². The van der Waals surface area contributed by atoms with E-state index in [0.29, 0.717) is 18.1 Å². The lowest BCUT2D eigenvalue weighted by atomic mass is 9.87. The van der Waals surface area contributed by atoms with Crippen LogP contribution in [0.15, 0.2) is 36.4 Å². The third-order valence-corrected chi connectivity index (χ3v) is 3.95. The Morgan fingerprint density at radius 2 is 1.62 bits per heavy atom. The molecule has 2 N–H and O–H groups in total. The molecule has 21 heavy (non-hydrogen) atoms. The van der Waals surface area contributed by atoms with E-state index in [0.717, 1.165) is 22.3 Å². The van der Waals surface area contributed by atoms with E-state index in [4.69, 9.17) is 9.47 Å². The summed E-state index contributed by atoms with van der Waals surface area (Å²) in [5.41, 5.74) is 4.04. The summed E-state index contributed by atoms with van der Waals surface area (Å²) in [6.45, 7) is 2.40. The van der Waals surface area contributed by atoms with Gasteiger partial charge in [0.05, 0.1) is 0 Å². The van der Waals surface area contributed by atoms with Crippen molar-refractivity contribution >= 4 is 11.1 Å². The quantitative estimate of drug-likeness (QED) is 0.779. The van der Waals surface area contributed by atoms with Gasteiger partial charge in [-0.3, -0.25) is 0 Å². The summed E-state index contributed by atoms with van der Waals surface area (Å²) in [6, 6.07) is 10.2. The number of benzene rings is 2. The molecule has 4 rings (SSSR count). The fraction of sp³-hybridized carbons (Fsp3) is 0.176. The van der Waals surface area contributed by atoms with E-state index in [-0.39, 0.29) is 17.6 Å². The molecule has 0 radical (unpaired) electrons. The molecule has 4 heteroatoms. The van der Waals surface area contributed by atoms with Gasteiger partial charge in [-0.1, -0.05) is 0 Å². The first-order valence-corrected chi connectivity index (χ1v) is 6.83. The Morgan fingerprint density at radius 1 is 0.952 bits per heavy atom. The molecule has 2 aromatic rings. The summed E-state index contributed by atoms with van der Waals surface area (Å²) < 4.78 is 11.7. The standard InChI is InChI=1S/C17H14O4/c1-9-17-13-5-3-10(18)6-15(13)20-8-14(17)12-4-2-11(19)7-16(12)21-9/h2-7,9,18-19H,8H2,1H3. The molecular weight excluding hydrogens is 268 g/mol. The molecule has 0 aromatic heterocycles. The molecule has 2 heterocycles. The molecular formula is C17H14O4. The van der Waals surface area contributed by atoms with Crippen LogP contribution >= 0.6 is 0 Å². The van der Waals surface area contributed by atoms with Crippen molar-refractivity contribution < 1.29 is 19.7 Å². The van der Waals surface area contributed by atoms with Crippen molar-refractivity contribution in [1.82, 2.24) is 0 Å². The molecule has 0 bridgehead atoms. The van der Waals surface area contributed by atoms with Crippen LogP contribution < -0.4 is 9.47 Å². The smallest absolute Gasteiger partial charge is 0.131 e. The molecule has 4 nitrogen and oxygen atoms in total. The number of phenolic OH excluding ortho intramolecular Hbond substituents is 2. The van der Waals surface area contributed by atoms with Gasteiger partial charge in [-0.25, -0.2) is 0 Å². The van der Waals surface area contributed by atoms with Crippen molar-refractivity contribution in [2.24, 2.45) is 0 Å². The van der Waals surface area contributed by atoms with Crippen LogP contribution in [0.5, 0.6) is 23.0 Å². The van der Waals surface area contributed by atoms with E-state index in [1.807, 2.05) is 19.1 Å². The molecule has 106 valence electrons. The molecule has 1 atom stereocenters. The van der Waals surface area contributed by atoms with E-state index in [9.17, 15) is 10.2 Å². The fourth-order valence-corrected chi connectivity index (χ4v) is 3.04. The second-order valence-electron chi connectivity index (χ2n) is 5.30. The summed E-state index contributed by atoms with van der Waals surface area (Å²) in [6.07, 6.45) is -0.138. The van der Waals surface area contributed by atoms with Gasteiger partial charge >= 0.3 is 0 Å². The van der Waals surface area contributed by atoms with E-state index in [2.05, 4.69) is 0 Å². The highest BCUT2D eigenvalue weighted by Crippen LogP contribution is 2.46. The van der Waals surface area contributed by atoms with Crippen LogP contribution in [0.4, 0.5) is 0 Å².